The van der Waals surface area contributed by atoms with Gasteiger partial charge in [0.2, 0.25) is 5.95 Å². The maximum atomic E-state index is 12.5. The van der Waals surface area contributed by atoms with Crippen LogP contribution in [0.5, 0.6) is 0 Å². The number of amides is 1. The van der Waals surface area contributed by atoms with E-state index in [4.69, 9.17) is 5.73 Å². The lowest BCUT2D eigenvalue weighted by atomic mass is 10.0. The first-order valence-electron chi connectivity index (χ1n) is 8.22. The number of nitrogen functional groups attached to an aromatic ring is 1. The molecule has 2 aromatic carbocycles. The van der Waals surface area contributed by atoms with Crippen LogP contribution in [0.3, 0.4) is 0 Å². The van der Waals surface area contributed by atoms with Gasteiger partial charge in [-0.15, -0.1) is 0 Å². The Bertz CT molecular complexity index is 847. The van der Waals surface area contributed by atoms with Crippen molar-refractivity contribution in [2.75, 3.05) is 5.73 Å². The molecule has 0 spiro atoms. The Hall–Kier alpha value is -3.21. The van der Waals surface area contributed by atoms with Crippen molar-refractivity contribution in [2.45, 2.75) is 26.8 Å². The summed E-state index contributed by atoms with van der Waals surface area (Å²) in [5.41, 5.74) is 8.95. The van der Waals surface area contributed by atoms with Gasteiger partial charge in [-0.05, 0) is 30.2 Å². The summed E-state index contributed by atoms with van der Waals surface area (Å²) < 4.78 is 0. The van der Waals surface area contributed by atoms with Crippen LogP contribution in [-0.4, -0.2) is 15.9 Å². The summed E-state index contributed by atoms with van der Waals surface area (Å²) in [6.45, 7) is 2.06. The van der Waals surface area contributed by atoms with E-state index in [9.17, 15) is 4.79 Å². The molecule has 3 aromatic rings. The summed E-state index contributed by atoms with van der Waals surface area (Å²) in [6, 6.07) is 19.1. The average Bonchev–Trinajstić information content (AvgIpc) is 2.67. The maximum Gasteiger partial charge on any atom is 0.251 e. The van der Waals surface area contributed by atoms with Gasteiger partial charge in [0.25, 0.3) is 5.91 Å². The highest BCUT2D eigenvalue weighted by Gasteiger charge is 2.14. The highest BCUT2D eigenvalue weighted by Crippen LogP contribution is 2.19. The molecule has 0 aliphatic carbocycles. The Kier molecular flexibility index (Phi) is 6.44. The van der Waals surface area contributed by atoms with Crippen molar-refractivity contribution in [2.24, 2.45) is 0 Å². The minimum Gasteiger partial charge on any atom is -0.368 e. The van der Waals surface area contributed by atoms with Crippen LogP contribution < -0.4 is 11.1 Å². The fourth-order valence-corrected chi connectivity index (χ4v) is 2.67. The average molecular weight is 348 g/mol. The van der Waals surface area contributed by atoms with Crippen LogP contribution in [-0.2, 0) is 0 Å². The zero-order valence-electron chi connectivity index (χ0n) is 14.0. The predicted octanol–water partition coefficient (Wildman–Crippen LogP) is 4.24. The second-order valence-electron chi connectivity index (χ2n) is 5.72. The first-order chi connectivity index (χ1) is 12.2. The van der Waals surface area contributed by atoms with Gasteiger partial charge in [0.1, 0.15) is 0 Å². The second-order valence-corrected chi connectivity index (χ2v) is 5.72. The van der Waals surface area contributed by atoms with Gasteiger partial charge >= 0.3 is 0 Å². The lowest BCUT2D eigenvalue weighted by molar-refractivity contribution is 0.0935. The van der Waals surface area contributed by atoms with Crippen LogP contribution in [0, 0.1) is 0 Å². The second kappa shape index (κ2) is 8.76. The van der Waals surface area contributed by atoms with E-state index in [2.05, 4.69) is 22.2 Å². The minimum atomic E-state index is -0.0931. The van der Waals surface area contributed by atoms with Crippen LogP contribution in [0.25, 0.3) is 11.3 Å². The quantitative estimate of drug-likeness (QED) is 0.722. The molecule has 0 unspecified atom stereocenters. The molecule has 1 aromatic heterocycles. The van der Waals surface area contributed by atoms with E-state index in [1.807, 2.05) is 42.5 Å². The van der Waals surface area contributed by atoms with Crippen LogP contribution in [0.15, 0.2) is 66.9 Å². The Morgan fingerprint density at radius 1 is 1.08 bits per heavy atom. The molecule has 5 heteroatoms. The molecule has 0 fully saturated rings. The summed E-state index contributed by atoms with van der Waals surface area (Å²) >= 11 is 0. The van der Waals surface area contributed by atoms with Crippen LogP contribution in [0.1, 0.15) is 42.7 Å². The molecule has 26 heavy (non-hydrogen) atoms. The molecule has 0 bridgehead atoms. The molecule has 3 N–H and O–H groups in total. The van der Waals surface area contributed by atoms with Gasteiger partial charge < -0.3 is 11.1 Å². The number of carbonyl (C=O) groups is 1. The lowest BCUT2D eigenvalue weighted by Gasteiger charge is -2.17. The lowest BCUT2D eigenvalue weighted by Crippen LogP contribution is -2.28. The maximum absolute atomic E-state index is 12.5. The van der Waals surface area contributed by atoms with Crippen LogP contribution in [0.2, 0.25) is 0 Å². The topological polar surface area (TPSA) is 80.9 Å². The zero-order chi connectivity index (χ0) is 17.6. The van der Waals surface area contributed by atoms with Crippen molar-refractivity contribution in [3.63, 3.8) is 0 Å². The highest BCUT2D eigenvalue weighted by molar-refractivity contribution is 5.94. The molecule has 5 nitrogen and oxygen atoms in total. The number of anilines is 1. The van der Waals surface area contributed by atoms with E-state index >= 15 is 0 Å². The van der Waals surface area contributed by atoms with Crippen molar-refractivity contribution in [3.8, 4) is 11.3 Å². The molecular formula is C21H24N4O. The number of hydrogen-bond acceptors (Lipinski definition) is 4. The van der Waals surface area contributed by atoms with Crippen LogP contribution in [0.4, 0.5) is 5.95 Å². The third-order valence-electron chi connectivity index (χ3n) is 4.03. The summed E-state index contributed by atoms with van der Waals surface area (Å²) in [6.07, 6.45) is 2.44. The van der Waals surface area contributed by atoms with Gasteiger partial charge in [0.15, 0.2) is 0 Å². The molecule has 1 atom stereocenters. The third kappa shape index (κ3) is 4.45. The van der Waals surface area contributed by atoms with E-state index in [0.29, 0.717) is 5.56 Å². The number of nitrogens with one attached hydrogen (secondary N) is 1. The molecule has 0 aliphatic rings. The number of aromatic nitrogens is 2. The number of nitrogens with zero attached hydrogens (tertiary/aromatic N) is 2. The third-order valence-corrected chi connectivity index (χ3v) is 4.03. The van der Waals surface area contributed by atoms with Crippen molar-refractivity contribution >= 4 is 11.9 Å². The Morgan fingerprint density at radius 2 is 1.77 bits per heavy atom. The van der Waals surface area contributed by atoms with Crippen LogP contribution >= 0.6 is 0 Å². The van der Waals surface area contributed by atoms with Gasteiger partial charge in [-0.3, -0.25) is 4.79 Å². The smallest absolute Gasteiger partial charge is 0.251 e. The van der Waals surface area contributed by atoms with E-state index in [-0.39, 0.29) is 25.3 Å². The van der Waals surface area contributed by atoms with E-state index in [1.54, 1.807) is 24.4 Å². The number of hydrogen-bond donors (Lipinski definition) is 2. The molecule has 1 heterocycles. The largest absolute Gasteiger partial charge is 0.368 e. The number of nitrogens with two attached hydrogens (primary N) is 1. The van der Waals surface area contributed by atoms with Crippen molar-refractivity contribution < 1.29 is 4.79 Å². The van der Waals surface area contributed by atoms with Crippen molar-refractivity contribution in [1.29, 1.82) is 0 Å². The molecule has 0 aliphatic heterocycles. The molecule has 134 valence electrons. The molecule has 3 rings (SSSR count). The highest BCUT2D eigenvalue weighted by atomic mass is 16.1. The molecule has 0 radical (unpaired) electrons. The monoisotopic (exact) mass is 348 g/mol. The predicted molar refractivity (Wildman–Crippen MR) is 106 cm³/mol. The minimum absolute atomic E-state index is 0. The van der Waals surface area contributed by atoms with E-state index < -0.39 is 0 Å². The standard InChI is InChI=1S/C20H20N4O.CH4/c1-2-17(14-6-4-3-5-7-14)23-19(25)16-10-8-15(9-11-16)18-12-13-22-20(21)24-18;/h3-13,17H,2H2,1H3,(H,23,25)(H2,21,22,24);1H4/t17-;/m1./s1. The fourth-order valence-electron chi connectivity index (χ4n) is 2.67. The summed E-state index contributed by atoms with van der Waals surface area (Å²) in [7, 11) is 0. The molecule has 0 saturated carbocycles. The SMILES string of the molecule is C.CC[C@@H](NC(=O)c1ccc(-c2ccnc(N)n2)cc1)c1ccccc1. The van der Waals surface area contributed by atoms with Gasteiger partial charge in [0.05, 0.1) is 11.7 Å². The first kappa shape index (κ1) is 19.1. The first-order valence-corrected chi connectivity index (χ1v) is 8.22. The van der Waals surface area contributed by atoms with Gasteiger partial charge in [-0.2, -0.15) is 0 Å². The van der Waals surface area contributed by atoms with Crippen molar-refractivity contribution in [3.05, 3.63) is 78.0 Å². The van der Waals surface area contributed by atoms with Gasteiger partial charge in [0, 0.05) is 17.3 Å². The summed E-state index contributed by atoms with van der Waals surface area (Å²) in [5.74, 6) is 0.137. The van der Waals surface area contributed by atoms with E-state index in [0.717, 1.165) is 23.2 Å². The number of rotatable bonds is 5. The fraction of sp³-hybridized carbons (Fsp3) is 0.190. The summed E-state index contributed by atoms with van der Waals surface area (Å²) in [5, 5.41) is 3.08. The summed E-state index contributed by atoms with van der Waals surface area (Å²) in [4.78, 5) is 20.6. The van der Waals surface area contributed by atoms with E-state index in [1.165, 1.54) is 0 Å². The van der Waals surface area contributed by atoms with Gasteiger partial charge in [-0.1, -0.05) is 56.8 Å². The van der Waals surface area contributed by atoms with Crippen molar-refractivity contribution in [1.82, 2.24) is 15.3 Å². The zero-order valence-corrected chi connectivity index (χ0v) is 14.0. The Balaban J connectivity index is 0.00000243. The number of carbonyl (C=O) groups excluding carboxylic acids is 1. The van der Waals surface area contributed by atoms with Gasteiger partial charge in [-0.25, -0.2) is 9.97 Å². The molecular weight excluding hydrogens is 324 g/mol. The Morgan fingerprint density at radius 3 is 2.38 bits per heavy atom. The Labute approximate surface area is 154 Å². The normalized spacial score (nSPS) is 11.3. The number of benzene rings is 2. The molecule has 0 saturated heterocycles. The molecule has 1 amide bonds.